The van der Waals surface area contributed by atoms with Crippen molar-refractivity contribution in [2.45, 2.75) is 13.5 Å². The molecule has 0 unspecified atom stereocenters. The van der Waals surface area contributed by atoms with Gasteiger partial charge in [0.2, 0.25) is 0 Å². The van der Waals surface area contributed by atoms with Crippen molar-refractivity contribution in [2.24, 2.45) is 0 Å². The van der Waals surface area contributed by atoms with Crippen LogP contribution in [0.2, 0.25) is 0 Å². The van der Waals surface area contributed by atoms with Crippen molar-refractivity contribution >= 4 is 21.6 Å². The summed E-state index contributed by atoms with van der Waals surface area (Å²) in [6, 6.07) is 10.1. The molecule has 18 heavy (non-hydrogen) atoms. The van der Waals surface area contributed by atoms with Crippen LogP contribution in [0.1, 0.15) is 11.1 Å². The average molecular weight is 256 g/mol. The summed E-state index contributed by atoms with van der Waals surface area (Å²) < 4.78 is 2.38. The van der Waals surface area contributed by atoms with Gasteiger partial charge < -0.3 is 0 Å². The molecule has 2 heterocycles. The standard InChI is InChI=1S/C14H12N2OS/c1-10-2-4-11(5-3-10)8-16-9-15-12-6-7-18-13(12)14(16)17/h2-7,9H,8H2,1H3. The van der Waals surface area contributed by atoms with E-state index < -0.39 is 0 Å². The predicted molar refractivity (Wildman–Crippen MR) is 74.2 cm³/mol. The van der Waals surface area contributed by atoms with E-state index in [2.05, 4.69) is 24.0 Å². The van der Waals surface area contributed by atoms with Gasteiger partial charge in [0, 0.05) is 0 Å². The summed E-state index contributed by atoms with van der Waals surface area (Å²) >= 11 is 1.45. The van der Waals surface area contributed by atoms with Crippen molar-refractivity contribution in [3.8, 4) is 0 Å². The van der Waals surface area contributed by atoms with E-state index >= 15 is 0 Å². The molecule has 3 rings (SSSR count). The third kappa shape index (κ3) is 1.95. The lowest BCUT2D eigenvalue weighted by molar-refractivity contribution is 0.749. The molecule has 3 aromatic rings. The average Bonchev–Trinajstić information content (AvgIpc) is 2.84. The largest absolute Gasteiger partial charge is 0.294 e. The first kappa shape index (κ1) is 11.2. The van der Waals surface area contributed by atoms with Crippen molar-refractivity contribution < 1.29 is 0 Å². The zero-order chi connectivity index (χ0) is 12.5. The number of rotatable bonds is 2. The fraction of sp³-hybridized carbons (Fsp3) is 0.143. The molecule has 3 nitrogen and oxygen atoms in total. The second-order valence-electron chi connectivity index (χ2n) is 4.30. The van der Waals surface area contributed by atoms with E-state index in [-0.39, 0.29) is 5.56 Å². The molecule has 90 valence electrons. The molecule has 0 saturated carbocycles. The predicted octanol–water partition coefficient (Wildman–Crippen LogP) is 2.81. The first-order valence-corrected chi connectivity index (χ1v) is 6.60. The van der Waals surface area contributed by atoms with Gasteiger partial charge in [-0.25, -0.2) is 4.98 Å². The lowest BCUT2D eigenvalue weighted by atomic mass is 10.1. The third-order valence-electron chi connectivity index (χ3n) is 2.91. The lowest BCUT2D eigenvalue weighted by Gasteiger charge is -2.05. The normalized spacial score (nSPS) is 10.9. The smallest absolute Gasteiger partial charge is 0.271 e. The highest BCUT2D eigenvalue weighted by Gasteiger charge is 2.05. The summed E-state index contributed by atoms with van der Waals surface area (Å²) in [6.45, 7) is 2.62. The van der Waals surface area contributed by atoms with Crippen LogP contribution in [0.3, 0.4) is 0 Å². The Labute approximate surface area is 108 Å². The van der Waals surface area contributed by atoms with Crippen LogP contribution in [0, 0.1) is 6.92 Å². The molecule has 0 radical (unpaired) electrons. The van der Waals surface area contributed by atoms with E-state index in [1.165, 1.54) is 16.9 Å². The van der Waals surface area contributed by atoms with E-state index in [9.17, 15) is 4.79 Å². The number of fused-ring (bicyclic) bond motifs is 1. The maximum atomic E-state index is 12.2. The molecule has 0 bridgehead atoms. The summed E-state index contributed by atoms with van der Waals surface area (Å²) in [5, 5.41) is 1.90. The van der Waals surface area contributed by atoms with Gasteiger partial charge in [0.25, 0.3) is 5.56 Å². The van der Waals surface area contributed by atoms with E-state index in [1.54, 1.807) is 10.9 Å². The summed E-state index contributed by atoms with van der Waals surface area (Å²) in [7, 11) is 0. The Bertz CT molecular complexity index is 740. The van der Waals surface area contributed by atoms with Crippen LogP contribution >= 0.6 is 11.3 Å². The molecule has 0 atom stereocenters. The third-order valence-corrected chi connectivity index (χ3v) is 3.80. The Morgan fingerprint density at radius 2 is 2.00 bits per heavy atom. The molecule has 0 amide bonds. The zero-order valence-corrected chi connectivity index (χ0v) is 10.8. The summed E-state index contributed by atoms with van der Waals surface area (Å²) in [5.74, 6) is 0. The fourth-order valence-electron chi connectivity index (χ4n) is 1.88. The molecule has 0 aliphatic rings. The van der Waals surface area contributed by atoms with Gasteiger partial charge in [0.15, 0.2) is 0 Å². The molecule has 4 heteroatoms. The quantitative estimate of drug-likeness (QED) is 0.706. The highest BCUT2D eigenvalue weighted by atomic mass is 32.1. The summed E-state index contributed by atoms with van der Waals surface area (Å²) in [5.41, 5.74) is 3.15. The van der Waals surface area contributed by atoms with Gasteiger partial charge in [-0.3, -0.25) is 9.36 Å². The molecule has 0 fully saturated rings. The highest BCUT2D eigenvalue weighted by Crippen LogP contribution is 2.13. The van der Waals surface area contributed by atoms with Crippen LogP contribution in [-0.2, 0) is 6.54 Å². The van der Waals surface area contributed by atoms with Crippen LogP contribution in [-0.4, -0.2) is 9.55 Å². The van der Waals surface area contributed by atoms with Crippen molar-refractivity contribution in [2.75, 3.05) is 0 Å². The monoisotopic (exact) mass is 256 g/mol. The van der Waals surface area contributed by atoms with Crippen molar-refractivity contribution in [1.29, 1.82) is 0 Å². The minimum atomic E-state index is 0.0376. The summed E-state index contributed by atoms with van der Waals surface area (Å²) in [6.07, 6.45) is 1.62. The molecule has 0 saturated heterocycles. The molecule has 1 aromatic carbocycles. The second kappa shape index (κ2) is 4.38. The van der Waals surface area contributed by atoms with E-state index in [1.807, 2.05) is 23.6 Å². The number of aromatic nitrogens is 2. The first-order valence-electron chi connectivity index (χ1n) is 5.72. The molecular formula is C14H12N2OS. The Morgan fingerprint density at radius 1 is 1.22 bits per heavy atom. The number of nitrogens with zero attached hydrogens (tertiary/aromatic N) is 2. The molecule has 0 aliphatic heterocycles. The van der Waals surface area contributed by atoms with Crippen LogP contribution in [0.25, 0.3) is 10.2 Å². The number of hydrogen-bond acceptors (Lipinski definition) is 3. The number of thiophene rings is 1. The van der Waals surface area contributed by atoms with Gasteiger partial charge >= 0.3 is 0 Å². The Morgan fingerprint density at radius 3 is 2.78 bits per heavy atom. The van der Waals surface area contributed by atoms with Crippen molar-refractivity contribution in [1.82, 2.24) is 9.55 Å². The Hall–Kier alpha value is -1.94. The van der Waals surface area contributed by atoms with Gasteiger partial charge in [-0.15, -0.1) is 11.3 Å². The van der Waals surface area contributed by atoms with Crippen molar-refractivity contribution in [3.63, 3.8) is 0 Å². The highest BCUT2D eigenvalue weighted by molar-refractivity contribution is 7.17. The van der Waals surface area contributed by atoms with Crippen LogP contribution < -0.4 is 5.56 Å². The zero-order valence-electron chi connectivity index (χ0n) is 9.96. The van der Waals surface area contributed by atoms with Gasteiger partial charge in [-0.1, -0.05) is 29.8 Å². The Kier molecular flexibility index (Phi) is 2.72. The van der Waals surface area contributed by atoms with Crippen LogP contribution in [0.5, 0.6) is 0 Å². The fourth-order valence-corrected chi connectivity index (χ4v) is 2.67. The minimum Gasteiger partial charge on any atom is -0.294 e. The molecular weight excluding hydrogens is 244 g/mol. The maximum absolute atomic E-state index is 12.2. The van der Waals surface area contributed by atoms with Gasteiger partial charge in [0.1, 0.15) is 4.70 Å². The van der Waals surface area contributed by atoms with E-state index in [0.717, 1.165) is 15.8 Å². The van der Waals surface area contributed by atoms with Gasteiger partial charge in [0.05, 0.1) is 18.4 Å². The molecule has 0 N–H and O–H groups in total. The van der Waals surface area contributed by atoms with Crippen LogP contribution in [0.4, 0.5) is 0 Å². The molecule has 0 aliphatic carbocycles. The minimum absolute atomic E-state index is 0.0376. The maximum Gasteiger partial charge on any atom is 0.271 e. The second-order valence-corrected chi connectivity index (χ2v) is 5.21. The number of hydrogen-bond donors (Lipinski definition) is 0. The SMILES string of the molecule is Cc1ccc(Cn2cnc3ccsc3c2=O)cc1. The van der Waals surface area contributed by atoms with Gasteiger partial charge in [-0.2, -0.15) is 0 Å². The summed E-state index contributed by atoms with van der Waals surface area (Å²) in [4.78, 5) is 16.5. The first-order chi connectivity index (χ1) is 8.74. The van der Waals surface area contributed by atoms with E-state index in [0.29, 0.717) is 6.54 Å². The Balaban J connectivity index is 2.02. The van der Waals surface area contributed by atoms with Crippen molar-refractivity contribution in [3.05, 3.63) is 63.5 Å². The van der Waals surface area contributed by atoms with E-state index in [4.69, 9.17) is 0 Å². The topological polar surface area (TPSA) is 34.9 Å². The van der Waals surface area contributed by atoms with Gasteiger partial charge in [-0.05, 0) is 23.9 Å². The lowest BCUT2D eigenvalue weighted by Crippen LogP contribution is -2.20. The van der Waals surface area contributed by atoms with Crippen LogP contribution in [0.15, 0.2) is 46.8 Å². The molecule has 2 aromatic heterocycles. The number of benzene rings is 1. The molecule has 0 spiro atoms. The number of aryl methyl sites for hydroxylation is 1.